The minimum atomic E-state index is -0.560. The SMILES string of the molecule is CCN(CCCCCCCC(=O)NOC(C)=O)C(=O)c1c(C)[nH]c(C=C2C(=O)Nc3ccc(F)cc32)c1C. The number of halogens is 1. The molecular weight excluding hydrogens is 491 g/mol. The molecule has 10 heteroatoms. The van der Waals surface area contributed by atoms with Crippen LogP contribution in [0.3, 0.4) is 0 Å². The number of aromatic amines is 1. The van der Waals surface area contributed by atoms with Gasteiger partial charge in [-0.25, -0.2) is 4.39 Å². The van der Waals surface area contributed by atoms with Crippen molar-refractivity contribution in [3.05, 3.63) is 52.1 Å². The Morgan fingerprint density at radius 3 is 2.53 bits per heavy atom. The highest BCUT2D eigenvalue weighted by Crippen LogP contribution is 2.34. The summed E-state index contributed by atoms with van der Waals surface area (Å²) in [6, 6.07) is 4.16. The minimum absolute atomic E-state index is 0.0761. The molecule has 0 radical (unpaired) electrons. The van der Waals surface area contributed by atoms with Crippen LogP contribution in [0.15, 0.2) is 18.2 Å². The molecule has 0 saturated heterocycles. The van der Waals surface area contributed by atoms with E-state index in [1.165, 1.54) is 25.1 Å². The second-order valence-corrected chi connectivity index (χ2v) is 9.39. The fourth-order valence-corrected chi connectivity index (χ4v) is 4.55. The van der Waals surface area contributed by atoms with Crippen LogP contribution >= 0.6 is 0 Å². The molecule has 0 bridgehead atoms. The van der Waals surface area contributed by atoms with E-state index in [-0.39, 0.29) is 17.7 Å². The van der Waals surface area contributed by atoms with E-state index in [2.05, 4.69) is 20.6 Å². The largest absolute Gasteiger partial charge is 0.358 e. The second-order valence-electron chi connectivity index (χ2n) is 9.39. The molecule has 1 aliphatic heterocycles. The summed E-state index contributed by atoms with van der Waals surface area (Å²) in [5.74, 6) is -1.70. The minimum Gasteiger partial charge on any atom is -0.358 e. The molecule has 1 aliphatic rings. The maximum Gasteiger partial charge on any atom is 0.329 e. The van der Waals surface area contributed by atoms with E-state index in [0.29, 0.717) is 59.7 Å². The van der Waals surface area contributed by atoms with Gasteiger partial charge in [0, 0.05) is 49.1 Å². The van der Waals surface area contributed by atoms with E-state index in [9.17, 15) is 23.6 Å². The summed E-state index contributed by atoms with van der Waals surface area (Å²) in [6.45, 7) is 8.00. The number of hydrogen-bond donors (Lipinski definition) is 3. The van der Waals surface area contributed by atoms with Gasteiger partial charge < -0.3 is 20.0 Å². The summed E-state index contributed by atoms with van der Waals surface area (Å²) in [7, 11) is 0. The molecule has 38 heavy (non-hydrogen) atoms. The first-order chi connectivity index (χ1) is 18.1. The molecule has 3 N–H and O–H groups in total. The Hall–Kier alpha value is -3.95. The first-order valence-corrected chi connectivity index (χ1v) is 12.9. The number of nitrogens with one attached hydrogen (secondary N) is 3. The van der Waals surface area contributed by atoms with Gasteiger partial charge in [-0.3, -0.25) is 19.2 Å². The molecule has 0 aliphatic carbocycles. The Morgan fingerprint density at radius 2 is 1.82 bits per heavy atom. The number of amides is 3. The van der Waals surface area contributed by atoms with Gasteiger partial charge in [-0.2, -0.15) is 5.48 Å². The quantitative estimate of drug-likeness (QED) is 0.223. The predicted molar refractivity (Wildman–Crippen MR) is 142 cm³/mol. The number of carbonyl (C=O) groups excluding carboxylic acids is 4. The molecule has 3 rings (SSSR count). The number of anilines is 1. The highest BCUT2D eigenvalue weighted by molar-refractivity contribution is 6.34. The number of aromatic nitrogens is 1. The van der Waals surface area contributed by atoms with Crippen LogP contribution in [-0.2, 0) is 19.2 Å². The number of carbonyl (C=O) groups is 4. The molecule has 0 atom stereocenters. The number of benzene rings is 1. The van der Waals surface area contributed by atoms with E-state index >= 15 is 0 Å². The highest BCUT2D eigenvalue weighted by atomic mass is 19.1. The normalized spacial score (nSPS) is 13.3. The molecule has 2 aromatic rings. The van der Waals surface area contributed by atoms with Crippen molar-refractivity contribution in [1.82, 2.24) is 15.4 Å². The number of H-pyrrole nitrogens is 1. The smallest absolute Gasteiger partial charge is 0.329 e. The Kier molecular flexibility index (Phi) is 9.81. The zero-order valence-corrected chi connectivity index (χ0v) is 22.3. The first-order valence-electron chi connectivity index (χ1n) is 12.9. The van der Waals surface area contributed by atoms with Crippen molar-refractivity contribution in [2.45, 2.75) is 66.2 Å². The molecular formula is C28H35FN4O5. The van der Waals surface area contributed by atoms with Gasteiger partial charge in [0.1, 0.15) is 5.82 Å². The molecule has 0 fully saturated rings. The topological polar surface area (TPSA) is 121 Å². The number of hydroxylamine groups is 1. The molecule has 1 aromatic heterocycles. The summed E-state index contributed by atoms with van der Waals surface area (Å²) in [6.07, 6.45) is 6.20. The number of rotatable bonds is 11. The third-order valence-electron chi connectivity index (χ3n) is 6.55. The number of unbranched alkanes of at least 4 members (excludes halogenated alkanes) is 4. The molecule has 2 heterocycles. The maximum atomic E-state index is 13.8. The van der Waals surface area contributed by atoms with Crippen LogP contribution in [0.2, 0.25) is 0 Å². The van der Waals surface area contributed by atoms with Crippen LogP contribution in [0.4, 0.5) is 10.1 Å². The van der Waals surface area contributed by atoms with Crippen molar-refractivity contribution < 1.29 is 28.4 Å². The van der Waals surface area contributed by atoms with Crippen LogP contribution in [0.5, 0.6) is 0 Å². The van der Waals surface area contributed by atoms with Gasteiger partial charge in [0.2, 0.25) is 0 Å². The summed E-state index contributed by atoms with van der Waals surface area (Å²) in [5, 5.41) is 2.74. The van der Waals surface area contributed by atoms with E-state index in [1.807, 2.05) is 20.8 Å². The van der Waals surface area contributed by atoms with E-state index in [0.717, 1.165) is 31.2 Å². The Morgan fingerprint density at radius 1 is 1.11 bits per heavy atom. The number of fused-ring (bicyclic) bond motifs is 1. The number of aryl methyl sites for hydroxylation is 1. The Labute approximate surface area is 221 Å². The van der Waals surface area contributed by atoms with Crippen LogP contribution < -0.4 is 10.8 Å². The lowest BCUT2D eigenvalue weighted by atomic mass is 10.0. The monoisotopic (exact) mass is 526 g/mol. The van der Waals surface area contributed by atoms with Crippen molar-refractivity contribution in [3.63, 3.8) is 0 Å². The van der Waals surface area contributed by atoms with Gasteiger partial charge in [0.05, 0.1) is 11.1 Å². The van der Waals surface area contributed by atoms with E-state index < -0.39 is 11.8 Å². The molecule has 204 valence electrons. The van der Waals surface area contributed by atoms with Gasteiger partial charge in [0.25, 0.3) is 17.7 Å². The van der Waals surface area contributed by atoms with Crippen molar-refractivity contribution in [1.29, 1.82) is 0 Å². The average molecular weight is 527 g/mol. The second kappa shape index (κ2) is 13.0. The fourth-order valence-electron chi connectivity index (χ4n) is 4.55. The lowest BCUT2D eigenvalue weighted by Crippen LogP contribution is -2.32. The molecule has 3 amide bonds. The van der Waals surface area contributed by atoms with Crippen LogP contribution in [0, 0.1) is 19.7 Å². The third kappa shape index (κ3) is 7.08. The Balaban J connectivity index is 1.56. The average Bonchev–Trinajstić information content (AvgIpc) is 3.33. The summed E-state index contributed by atoms with van der Waals surface area (Å²) < 4.78 is 13.8. The number of nitrogens with zero attached hydrogens (tertiary/aromatic N) is 1. The van der Waals surface area contributed by atoms with E-state index in [4.69, 9.17) is 0 Å². The molecule has 0 spiro atoms. The van der Waals surface area contributed by atoms with Gasteiger partial charge in [-0.05, 0) is 63.5 Å². The molecule has 9 nitrogen and oxygen atoms in total. The standard InChI is InChI=1S/C28H35FN4O5/c1-5-33(14-10-8-6-7-9-11-25(35)32-38-19(4)34)28(37)26-17(2)24(30-18(26)3)16-22-21-15-20(29)12-13-23(21)31-27(22)36/h12-13,15-16,30H,5-11,14H2,1-4H3,(H,31,36)(H,32,35). The zero-order chi connectivity index (χ0) is 27.8. The molecule has 0 saturated carbocycles. The first kappa shape index (κ1) is 28.6. The number of hydrogen-bond acceptors (Lipinski definition) is 5. The summed E-state index contributed by atoms with van der Waals surface area (Å²) in [4.78, 5) is 57.6. The summed E-state index contributed by atoms with van der Waals surface area (Å²) in [5.41, 5.74) is 6.17. The van der Waals surface area contributed by atoms with Gasteiger partial charge in [-0.1, -0.05) is 19.3 Å². The van der Waals surface area contributed by atoms with Crippen LogP contribution in [0.25, 0.3) is 11.6 Å². The van der Waals surface area contributed by atoms with E-state index in [1.54, 1.807) is 11.0 Å². The highest BCUT2D eigenvalue weighted by Gasteiger charge is 2.27. The predicted octanol–water partition coefficient (Wildman–Crippen LogP) is 4.66. The van der Waals surface area contributed by atoms with Crippen molar-refractivity contribution in [2.24, 2.45) is 0 Å². The fraction of sp³-hybridized carbons (Fsp3) is 0.429. The third-order valence-corrected chi connectivity index (χ3v) is 6.55. The maximum absolute atomic E-state index is 13.8. The van der Waals surface area contributed by atoms with Crippen molar-refractivity contribution >= 4 is 41.0 Å². The van der Waals surface area contributed by atoms with Crippen LogP contribution in [0.1, 0.15) is 85.2 Å². The zero-order valence-electron chi connectivity index (χ0n) is 22.3. The molecule has 0 unspecified atom stereocenters. The Bertz CT molecular complexity index is 1250. The lowest BCUT2D eigenvalue weighted by molar-refractivity contribution is -0.156. The van der Waals surface area contributed by atoms with Crippen molar-refractivity contribution in [3.8, 4) is 0 Å². The van der Waals surface area contributed by atoms with Gasteiger partial charge >= 0.3 is 5.97 Å². The molecule has 1 aromatic carbocycles. The lowest BCUT2D eigenvalue weighted by Gasteiger charge is -2.21. The van der Waals surface area contributed by atoms with Crippen LogP contribution in [-0.4, -0.2) is 46.7 Å². The van der Waals surface area contributed by atoms with Crippen molar-refractivity contribution in [2.75, 3.05) is 18.4 Å². The summed E-state index contributed by atoms with van der Waals surface area (Å²) >= 11 is 0. The van der Waals surface area contributed by atoms with Gasteiger partial charge in [0.15, 0.2) is 0 Å². The van der Waals surface area contributed by atoms with Gasteiger partial charge in [-0.15, -0.1) is 0 Å².